The second-order valence-electron chi connectivity index (χ2n) is 3.38. The van der Waals surface area contributed by atoms with Crippen LogP contribution < -0.4 is 10.6 Å². The zero-order chi connectivity index (χ0) is 12.4. The molecule has 2 N–H and O–H groups in total. The van der Waals surface area contributed by atoms with Gasteiger partial charge in [-0.15, -0.1) is 0 Å². The van der Waals surface area contributed by atoms with Crippen LogP contribution in [0.15, 0.2) is 12.3 Å². The number of carbonyl (C=O) groups is 2. The van der Waals surface area contributed by atoms with E-state index < -0.39 is 12.0 Å². The van der Waals surface area contributed by atoms with Crippen LogP contribution in [0.2, 0.25) is 0 Å². The Morgan fingerprint density at radius 2 is 1.94 bits per heavy atom. The summed E-state index contributed by atoms with van der Waals surface area (Å²) in [6.45, 7) is 5.89. The summed E-state index contributed by atoms with van der Waals surface area (Å²) >= 11 is 0. The molecule has 0 aliphatic heterocycles. The van der Waals surface area contributed by atoms with E-state index in [0.29, 0.717) is 6.61 Å². The van der Waals surface area contributed by atoms with Gasteiger partial charge in [0.1, 0.15) is 5.70 Å². The molecule has 0 fully saturated rings. The molecule has 0 aromatic heterocycles. The van der Waals surface area contributed by atoms with Gasteiger partial charge in [0.15, 0.2) is 0 Å². The summed E-state index contributed by atoms with van der Waals surface area (Å²) in [6.07, 6.45) is 4.15. The fraction of sp³-hybridized carbons (Fsp3) is 0.636. The van der Waals surface area contributed by atoms with E-state index in [1.54, 1.807) is 0 Å². The number of carbonyl (C=O) groups excluding carboxylic acids is 2. The normalized spacial score (nSPS) is 9.38. The van der Waals surface area contributed by atoms with Gasteiger partial charge in [0, 0.05) is 7.05 Å². The monoisotopic (exact) mass is 228 g/mol. The van der Waals surface area contributed by atoms with Crippen molar-refractivity contribution in [1.29, 1.82) is 0 Å². The Balaban J connectivity index is 3.63. The van der Waals surface area contributed by atoms with Crippen molar-refractivity contribution in [2.24, 2.45) is 0 Å². The number of nitrogens with one attached hydrogen (secondary N) is 2. The van der Waals surface area contributed by atoms with E-state index in [-0.39, 0.29) is 5.70 Å². The molecule has 2 amide bonds. The third-order valence-corrected chi connectivity index (χ3v) is 1.97. The Morgan fingerprint density at radius 3 is 2.50 bits per heavy atom. The van der Waals surface area contributed by atoms with Gasteiger partial charge in [-0.25, -0.2) is 9.59 Å². The maximum atomic E-state index is 11.3. The summed E-state index contributed by atoms with van der Waals surface area (Å²) in [5.41, 5.74) is -0.0464. The van der Waals surface area contributed by atoms with Gasteiger partial charge in [-0.3, -0.25) is 0 Å². The Bertz CT molecular complexity index is 252. The quantitative estimate of drug-likeness (QED) is 0.394. The highest BCUT2D eigenvalue weighted by atomic mass is 16.5. The van der Waals surface area contributed by atoms with Crippen molar-refractivity contribution in [3.8, 4) is 0 Å². The first-order chi connectivity index (χ1) is 7.61. The average molecular weight is 228 g/mol. The Hall–Kier alpha value is -1.52. The van der Waals surface area contributed by atoms with E-state index in [1.807, 2.05) is 0 Å². The molecule has 0 heterocycles. The van der Waals surface area contributed by atoms with Crippen molar-refractivity contribution in [2.45, 2.75) is 32.6 Å². The lowest BCUT2D eigenvalue weighted by molar-refractivity contribution is -0.139. The van der Waals surface area contributed by atoms with Crippen LogP contribution in [0, 0.1) is 0 Å². The van der Waals surface area contributed by atoms with Gasteiger partial charge >= 0.3 is 12.0 Å². The first-order valence-electron chi connectivity index (χ1n) is 5.46. The molecule has 92 valence electrons. The van der Waals surface area contributed by atoms with Crippen LogP contribution in [-0.4, -0.2) is 25.7 Å². The molecule has 0 aromatic rings. The molecule has 0 bridgehead atoms. The molecule has 0 spiro atoms. The van der Waals surface area contributed by atoms with E-state index in [0.717, 1.165) is 25.7 Å². The van der Waals surface area contributed by atoms with E-state index >= 15 is 0 Å². The van der Waals surface area contributed by atoms with Gasteiger partial charge < -0.3 is 15.4 Å². The number of esters is 1. The van der Waals surface area contributed by atoms with Gasteiger partial charge in [0.25, 0.3) is 0 Å². The number of ether oxygens (including phenoxy) is 1. The molecule has 0 aliphatic rings. The van der Waals surface area contributed by atoms with Crippen molar-refractivity contribution in [3.05, 3.63) is 12.3 Å². The smallest absolute Gasteiger partial charge is 0.354 e. The van der Waals surface area contributed by atoms with E-state index in [9.17, 15) is 9.59 Å². The van der Waals surface area contributed by atoms with Crippen LogP contribution in [0.1, 0.15) is 32.6 Å². The molecule has 0 saturated carbocycles. The van der Waals surface area contributed by atoms with E-state index in [4.69, 9.17) is 4.74 Å². The van der Waals surface area contributed by atoms with Gasteiger partial charge in [-0.2, -0.15) is 0 Å². The molecule has 0 aromatic carbocycles. The number of hydrogen-bond donors (Lipinski definition) is 2. The average Bonchev–Trinajstić information content (AvgIpc) is 2.28. The third kappa shape index (κ3) is 6.86. The molecular formula is C11H20N2O3. The van der Waals surface area contributed by atoms with Crippen LogP contribution in [0.3, 0.4) is 0 Å². The first-order valence-corrected chi connectivity index (χ1v) is 5.46. The third-order valence-electron chi connectivity index (χ3n) is 1.97. The van der Waals surface area contributed by atoms with Gasteiger partial charge in [-0.05, 0) is 6.42 Å². The minimum absolute atomic E-state index is 0.0464. The van der Waals surface area contributed by atoms with Crippen LogP contribution in [0.25, 0.3) is 0 Å². The number of urea groups is 1. The minimum atomic E-state index is -0.583. The SMILES string of the molecule is C=C(NC(=O)NC)C(=O)OCCCCCC. The molecule has 16 heavy (non-hydrogen) atoms. The Morgan fingerprint density at radius 1 is 1.25 bits per heavy atom. The fourth-order valence-electron chi connectivity index (χ4n) is 1.03. The molecular weight excluding hydrogens is 208 g/mol. The lowest BCUT2D eigenvalue weighted by Crippen LogP contribution is -2.34. The molecule has 0 unspecified atom stereocenters. The van der Waals surface area contributed by atoms with E-state index in [1.165, 1.54) is 7.05 Å². The van der Waals surface area contributed by atoms with Crippen LogP contribution in [0.4, 0.5) is 4.79 Å². The highest BCUT2D eigenvalue weighted by molar-refractivity contribution is 5.92. The van der Waals surface area contributed by atoms with Gasteiger partial charge in [-0.1, -0.05) is 32.8 Å². The lowest BCUT2D eigenvalue weighted by Gasteiger charge is -2.07. The predicted octanol–water partition coefficient (Wildman–Crippen LogP) is 1.55. The Kier molecular flexibility index (Phi) is 7.93. The summed E-state index contributed by atoms with van der Waals surface area (Å²) in [6, 6.07) is -0.479. The summed E-state index contributed by atoms with van der Waals surface area (Å²) in [5.74, 6) is -0.583. The Labute approximate surface area is 96.2 Å². The maximum absolute atomic E-state index is 11.3. The van der Waals surface area contributed by atoms with Crippen molar-refractivity contribution < 1.29 is 14.3 Å². The zero-order valence-electron chi connectivity index (χ0n) is 9.97. The van der Waals surface area contributed by atoms with Crippen molar-refractivity contribution in [3.63, 3.8) is 0 Å². The highest BCUT2D eigenvalue weighted by Gasteiger charge is 2.10. The fourth-order valence-corrected chi connectivity index (χ4v) is 1.03. The highest BCUT2D eigenvalue weighted by Crippen LogP contribution is 2.00. The summed E-state index contributed by atoms with van der Waals surface area (Å²) in [4.78, 5) is 22.1. The predicted molar refractivity (Wildman–Crippen MR) is 61.8 cm³/mol. The van der Waals surface area contributed by atoms with Gasteiger partial charge in [0.05, 0.1) is 6.61 Å². The van der Waals surface area contributed by atoms with Crippen molar-refractivity contribution >= 4 is 12.0 Å². The molecule has 0 rings (SSSR count). The van der Waals surface area contributed by atoms with Gasteiger partial charge in [0.2, 0.25) is 0 Å². The van der Waals surface area contributed by atoms with Crippen LogP contribution >= 0.6 is 0 Å². The molecule has 0 radical (unpaired) electrons. The number of amides is 2. The first kappa shape index (κ1) is 14.5. The second-order valence-corrected chi connectivity index (χ2v) is 3.38. The largest absolute Gasteiger partial charge is 0.461 e. The van der Waals surface area contributed by atoms with Crippen LogP contribution in [-0.2, 0) is 9.53 Å². The number of hydrogen-bond acceptors (Lipinski definition) is 3. The lowest BCUT2D eigenvalue weighted by atomic mass is 10.2. The summed E-state index contributed by atoms with van der Waals surface area (Å²) in [7, 11) is 1.46. The zero-order valence-corrected chi connectivity index (χ0v) is 9.97. The van der Waals surface area contributed by atoms with Crippen molar-refractivity contribution in [1.82, 2.24) is 10.6 Å². The summed E-state index contributed by atoms with van der Waals surface area (Å²) < 4.78 is 4.91. The molecule has 0 saturated heterocycles. The number of unbranched alkanes of at least 4 members (excludes halogenated alkanes) is 3. The second kappa shape index (κ2) is 8.76. The molecule has 0 atom stereocenters. The molecule has 0 aliphatic carbocycles. The molecule has 5 heteroatoms. The number of rotatable bonds is 7. The van der Waals surface area contributed by atoms with Crippen molar-refractivity contribution in [2.75, 3.05) is 13.7 Å². The maximum Gasteiger partial charge on any atom is 0.354 e. The minimum Gasteiger partial charge on any atom is -0.461 e. The topological polar surface area (TPSA) is 67.4 Å². The summed E-state index contributed by atoms with van der Waals surface area (Å²) in [5, 5.41) is 4.58. The van der Waals surface area contributed by atoms with Crippen LogP contribution in [0.5, 0.6) is 0 Å². The van der Waals surface area contributed by atoms with E-state index in [2.05, 4.69) is 24.1 Å². The molecule has 5 nitrogen and oxygen atoms in total. The standard InChI is InChI=1S/C11H20N2O3/c1-4-5-6-7-8-16-10(14)9(2)13-11(15)12-3/h2,4-8H2,1,3H3,(H2,12,13,15).